The molecule has 6 aliphatic rings. The fraction of sp³-hybridized carbons (Fsp3) is 0.792. The number of aliphatic hydroxyl groups is 1. The van der Waals surface area contributed by atoms with Crippen LogP contribution in [-0.2, 0) is 9.84 Å². The monoisotopic (exact) mass is 490 g/mol. The van der Waals surface area contributed by atoms with Gasteiger partial charge in [0, 0.05) is 18.3 Å². The maximum Gasteiger partial charge on any atom is 0.258 e. The van der Waals surface area contributed by atoms with Gasteiger partial charge in [0.1, 0.15) is 21.5 Å². The zero-order valence-corrected chi connectivity index (χ0v) is 20.2. The highest BCUT2D eigenvalue weighted by molar-refractivity contribution is 7.91. The number of nitrogens with one attached hydrogen (secondary N) is 2. The number of ether oxygens (including phenoxy) is 1. The maximum atomic E-state index is 13.4. The molecule has 5 aliphatic carbocycles. The third kappa shape index (κ3) is 4.39. The molecule has 5 saturated carbocycles. The van der Waals surface area contributed by atoms with Crippen LogP contribution in [0.3, 0.4) is 0 Å². The second-order valence-corrected chi connectivity index (χ2v) is 13.7. The predicted molar refractivity (Wildman–Crippen MR) is 125 cm³/mol. The quantitative estimate of drug-likeness (QED) is 0.552. The topological polar surface area (TPSA) is 131 Å². The molecule has 9 nitrogen and oxygen atoms in total. The number of aromatic nitrogens is 2. The van der Waals surface area contributed by atoms with Crippen molar-refractivity contribution in [1.82, 2.24) is 15.3 Å². The Labute approximate surface area is 200 Å². The average Bonchev–Trinajstić information content (AvgIpc) is 2.74. The minimum absolute atomic E-state index is 0.0152. The SMILES string of the molecule is O=C(NC1[C@@H]2CC3C[C@H]1CC(O)(C3)C2)c1cnc(NC2CCS(=O)(=O)CC2)nc1OC1CCC1. The van der Waals surface area contributed by atoms with Gasteiger partial charge in [0.25, 0.3) is 5.91 Å². The van der Waals surface area contributed by atoms with Crippen LogP contribution in [0.15, 0.2) is 6.20 Å². The van der Waals surface area contributed by atoms with Gasteiger partial charge >= 0.3 is 0 Å². The summed E-state index contributed by atoms with van der Waals surface area (Å²) in [4.78, 5) is 22.3. The molecule has 0 radical (unpaired) electrons. The van der Waals surface area contributed by atoms with E-state index in [1.54, 1.807) is 0 Å². The summed E-state index contributed by atoms with van der Waals surface area (Å²) in [7, 11) is -2.95. The minimum atomic E-state index is -2.95. The molecule has 0 aromatic carbocycles. The molecule has 5 atom stereocenters. The summed E-state index contributed by atoms with van der Waals surface area (Å²) in [6, 6.07) is 0.0569. The summed E-state index contributed by atoms with van der Waals surface area (Å²) in [6.07, 6.45) is 10.2. The van der Waals surface area contributed by atoms with Gasteiger partial charge in [0.2, 0.25) is 11.8 Å². The van der Waals surface area contributed by atoms with Crippen molar-refractivity contribution >= 4 is 21.7 Å². The van der Waals surface area contributed by atoms with Crippen LogP contribution in [0, 0.1) is 17.8 Å². The first-order valence-electron chi connectivity index (χ1n) is 12.8. The molecule has 1 saturated heterocycles. The molecule has 34 heavy (non-hydrogen) atoms. The molecule has 1 aromatic rings. The Balaban J connectivity index is 1.18. The van der Waals surface area contributed by atoms with E-state index in [1.165, 1.54) is 6.20 Å². The van der Waals surface area contributed by atoms with Gasteiger partial charge in [-0.15, -0.1) is 0 Å². The van der Waals surface area contributed by atoms with Crippen molar-refractivity contribution in [2.75, 3.05) is 16.8 Å². The summed E-state index contributed by atoms with van der Waals surface area (Å²) in [5, 5.41) is 17.3. The normalized spacial score (nSPS) is 36.6. The van der Waals surface area contributed by atoms with E-state index in [1.807, 2.05) is 0 Å². The molecular formula is C24H34N4O5S. The van der Waals surface area contributed by atoms with Crippen LogP contribution in [0.25, 0.3) is 0 Å². The number of carbonyl (C=O) groups excluding carboxylic acids is 1. The lowest BCUT2D eigenvalue weighted by atomic mass is 9.52. The molecule has 1 amide bonds. The second-order valence-electron chi connectivity index (χ2n) is 11.3. The van der Waals surface area contributed by atoms with Crippen LogP contribution >= 0.6 is 0 Å². The molecule has 186 valence electrons. The van der Waals surface area contributed by atoms with Crippen molar-refractivity contribution in [2.45, 2.75) is 88.0 Å². The lowest BCUT2D eigenvalue weighted by Crippen LogP contribution is -2.61. The van der Waals surface area contributed by atoms with Crippen molar-refractivity contribution in [3.05, 3.63) is 11.8 Å². The zero-order chi connectivity index (χ0) is 23.5. The third-order valence-electron chi connectivity index (χ3n) is 8.76. The molecule has 6 fully saturated rings. The van der Waals surface area contributed by atoms with Crippen LogP contribution in [-0.4, -0.2) is 64.7 Å². The smallest absolute Gasteiger partial charge is 0.258 e. The van der Waals surface area contributed by atoms with Crippen molar-refractivity contribution < 1.29 is 23.1 Å². The van der Waals surface area contributed by atoms with Crippen molar-refractivity contribution in [3.63, 3.8) is 0 Å². The number of hydrogen-bond donors (Lipinski definition) is 3. The summed E-state index contributed by atoms with van der Waals surface area (Å²) in [6.45, 7) is 0. The first-order chi connectivity index (χ1) is 16.3. The van der Waals surface area contributed by atoms with Crippen molar-refractivity contribution in [3.8, 4) is 5.88 Å². The Kier molecular flexibility index (Phi) is 5.51. The van der Waals surface area contributed by atoms with E-state index < -0.39 is 15.4 Å². The van der Waals surface area contributed by atoms with Crippen molar-refractivity contribution in [2.24, 2.45) is 17.8 Å². The van der Waals surface area contributed by atoms with Gasteiger partial charge in [-0.2, -0.15) is 4.98 Å². The first kappa shape index (κ1) is 22.5. The lowest BCUT2D eigenvalue weighted by Gasteiger charge is -2.58. The predicted octanol–water partition coefficient (Wildman–Crippen LogP) is 2.07. The number of sulfone groups is 1. The number of hydrogen-bond acceptors (Lipinski definition) is 8. The molecule has 7 rings (SSSR count). The number of anilines is 1. The minimum Gasteiger partial charge on any atom is -0.474 e. The highest BCUT2D eigenvalue weighted by Gasteiger charge is 2.55. The number of rotatable bonds is 6. The van der Waals surface area contributed by atoms with Gasteiger partial charge in [-0.1, -0.05) is 0 Å². The van der Waals surface area contributed by atoms with E-state index in [0.29, 0.717) is 48.0 Å². The van der Waals surface area contributed by atoms with E-state index in [9.17, 15) is 18.3 Å². The molecule has 1 aliphatic heterocycles. The van der Waals surface area contributed by atoms with Gasteiger partial charge in [0.15, 0.2) is 0 Å². The van der Waals surface area contributed by atoms with E-state index in [4.69, 9.17) is 4.74 Å². The van der Waals surface area contributed by atoms with Gasteiger partial charge in [-0.25, -0.2) is 13.4 Å². The Morgan fingerprint density at radius 2 is 1.79 bits per heavy atom. The fourth-order valence-corrected chi connectivity index (χ4v) is 8.48. The van der Waals surface area contributed by atoms with Crippen LogP contribution < -0.4 is 15.4 Å². The van der Waals surface area contributed by atoms with Crippen LogP contribution in [0.4, 0.5) is 5.95 Å². The largest absolute Gasteiger partial charge is 0.474 e. The van der Waals surface area contributed by atoms with E-state index in [2.05, 4.69) is 20.6 Å². The summed E-state index contributed by atoms with van der Waals surface area (Å²) in [5.74, 6) is 2.00. The Morgan fingerprint density at radius 3 is 2.41 bits per heavy atom. The zero-order valence-electron chi connectivity index (χ0n) is 19.4. The molecular weight excluding hydrogens is 456 g/mol. The fourth-order valence-electron chi connectivity index (χ4n) is 6.99. The van der Waals surface area contributed by atoms with Gasteiger partial charge in [-0.05, 0) is 82.0 Å². The summed E-state index contributed by atoms with van der Waals surface area (Å²) in [5.41, 5.74) is -0.193. The molecule has 2 heterocycles. The summed E-state index contributed by atoms with van der Waals surface area (Å²) < 4.78 is 29.5. The second kappa shape index (κ2) is 8.33. The first-order valence-corrected chi connectivity index (χ1v) is 14.6. The third-order valence-corrected chi connectivity index (χ3v) is 10.5. The number of nitrogens with zero attached hydrogens (tertiary/aromatic N) is 2. The number of carbonyl (C=O) groups is 1. The summed E-state index contributed by atoms with van der Waals surface area (Å²) >= 11 is 0. The standard InChI is InChI=1S/C24H34N4O5S/c29-21(27-20-15-8-14-9-16(20)12-24(30,10-14)11-15)19-13-25-23(28-22(19)33-18-2-1-3-18)26-17-4-6-34(31,32)7-5-17/h13-18,20,30H,1-12H2,(H,27,29)(H,25,26,28)/t14?,15-,16+,20?,24?. The van der Waals surface area contributed by atoms with Gasteiger partial charge in [-0.3, -0.25) is 4.79 Å². The van der Waals surface area contributed by atoms with E-state index in [-0.39, 0.29) is 35.6 Å². The van der Waals surface area contributed by atoms with Crippen LogP contribution in [0.1, 0.15) is 74.6 Å². The van der Waals surface area contributed by atoms with Gasteiger partial charge in [0.05, 0.1) is 17.1 Å². The Morgan fingerprint density at radius 1 is 1.09 bits per heavy atom. The Bertz CT molecular complexity index is 1050. The van der Waals surface area contributed by atoms with E-state index in [0.717, 1.165) is 51.4 Å². The highest BCUT2D eigenvalue weighted by Crippen LogP contribution is 2.55. The van der Waals surface area contributed by atoms with E-state index >= 15 is 0 Å². The van der Waals surface area contributed by atoms with Crippen LogP contribution in [0.2, 0.25) is 0 Å². The van der Waals surface area contributed by atoms with Crippen LogP contribution in [0.5, 0.6) is 5.88 Å². The lowest BCUT2D eigenvalue weighted by molar-refractivity contribution is -0.136. The average molecular weight is 491 g/mol. The molecule has 3 N–H and O–H groups in total. The highest BCUT2D eigenvalue weighted by atomic mass is 32.2. The van der Waals surface area contributed by atoms with Crippen molar-refractivity contribution in [1.29, 1.82) is 0 Å². The molecule has 4 bridgehead atoms. The molecule has 10 heteroatoms. The molecule has 1 aromatic heterocycles. The molecule has 0 spiro atoms. The maximum absolute atomic E-state index is 13.4. The Hall–Kier alpha value is -1.94. The molecule has 3 unspecified atom stereocenters. The van der Waals surface area contributed by atoms with Gasteiger partial charge < -0.3 is 20.5 Å². The number of amides is 1.